The van der Waals surface area contributed by atoms with Crippen LogP contribution in [0.15, 0.2) is 48.5 Å². The molecule has 46 heavy (non-hydrogen) atoms. The number of piperidine rings is 1. The first-order chi connectivity index (χ1) is 21.7. The Morgan fingerprint density at radius 1 is 1.00 bits per heavy atom. The Balaban J connectivity index is 1.38. The minimum Gasteiger partial charge on any atom is -0.347 e. The summed E-state index contributed by atoms with van der Waals surface area (Å²) in [5, 5.41) is 3.42. The van der Waals surface area contributed by atoms with Crippen molar-refractivity contribution in [3.63, 3.8) is 0 Å². The van der Waals surface area contributed by atoms with E-state index in [0.29, 0.717) is 25.7 Å². The van der Waals surface area contributed by atoms with Crippen molar-refractivity contribution in [3.05, 3.63) is 64.8 Å². The van der Waals surface area contributed by atoms with Gasteiger partial charge < -0.3 is 15.1 Å². The Bertz CT molecular complexity index is 1830. The lowest BCUT2D eigenvalue weighted by molar-refractivity contribution is -0.141. The van der Waals surface area contributed by atoms with Crippen molar-refractivity contribution in [1.29, 1.82) is 0 Å². The van der Waals surface area contributed by atoms with E-state index in [0.717, 1.165) is 12.3 Å². The zero-order valence-corrected chi connectivity index (χ0v) is 26.3. The summed E-state index contributed by atoms with van der Waals surface area (Å²) in [7, 11) is -3.60. The summed E-state index contributed by atoms with van der Waals surface area (Å²) >= 11 is 6.27. The average Bonchev–Trinajstić information content (AvgIpc) is 3.89. The van der Waals surface area contributed by atoms with Crippen molar-refractivity contribution in [2.24, 2.45) is 11.8 Å². The Morgan fingerprint density at radius 3 is 2.37 bits per heavy atom. The Morgan fingerprint density at radius 2 is 1.72 bits per heavy atom. The largest absolute Gasteiger partial charge is 0.433 e. The highest BCUT2D eigenvalue weighted by atomic mass is 35.5. The summed E-state index contributed by atoms with van der Waals surface area (Å²) in [6, 6.07) is 9.56. The van der Waals surface area contributed by atoms with Crippen LogP contribution in [0.1, 0.15) is 48.2 Å². The highest BCUT2D eigenvalue weighted by Gasteiger charge is 2.45. The summed E-state index contributed by atoms with van der Waals surface area (Å²) in [5.74, 6) is -1.61. The Labute approximate surface area is 268 Å². The van der Waals surface area contributed by atoms with Crippen molar-refractivity contribution < 1.29 is 36.0 Å². The molecule has 3 aliphatic rings. The number of hydrogen-bond donors (Lipinski definition) is 2. The number of halogens is 4. The lowest BCUT2D eigenvalue weighted by atomic mass is 9.96. The number of hydrogen-bond acceptors (Lipinski definition) is 6. The van der Waals surface area contributed by atoms with E-state index in [4.69, 9.17) is 11.6 Å². The molecule has 2 aliphatic carbocycles. The number of benzene rings is 2. The maximum Gasteiger partial charge on any atom is 0.433 e. The normalized spacial score (nSPS) is 20.3. The molecule has 10 nitrogen and oxygen atoms in total. The minimum atomic E-state index is -4.80. The molecule has 0 bridgehead atoms. The van der Waals surface area contributed by atoms with Crippen LogP contribution in [0.5, 0.6) is 0 Å². The number of nitrogens with zero attached hydrogens (tertiary/aromatic N) is 3. The molecule has 2 N–H and O–H groups in total. The molecule has 3 amide bonds. The first kappa shape index (κ1) is 32.0. The third kappa shape index (κ3) is 7.22. The molecule has 15 heteroatoms. The van der Waals surface area contributed by atoms with Crippen LogP contribution in [0, 0.1) is 11.8 Å². The Kier molecular flexibility index (Phi) is 8.38. The molecule has 2 saturated carbocycles. The van der Waals surface area contributed by atoms with Crippen LogP contribution >= 0.6 is 11.6 Å². The molecular formula is C31H31ClF3N5O5S. The molecule has 244 valence electrons. The summed E-state index contributed by atoms with van der Waals surface area (Å²) in [4.78, 5) is 47.5. The molecule has 0 spiro atoms. The number of likely N-dealkylation sites (tertiary alicyclic amines) is 1. The SMILES string of the molecule is CS(=O)(=O)Nc1cccc(C(=O)NC2CC(N(C(=O)C3CC3)c3cc(C(F)(F)F)nc4ccc(Cl)cc34)CN(C(=O)C3CC3)C2)c1. The number of alkyl halides is 3. The molecule has 1 saturated heterocycles. The zero-order valence-electron chi connectivity index (χ0n) is 24.7. The maximum absolute atomic E-state index is 14.1. The van der Waals surface area contributed by atoms with Crippen LogP contribution < -0.4 is 14.9 Å². The van der Waals surface area contributed by atoms with Crippen LogP contribution in [-0.4, -0.2) is 67.5 Å². The van der Waals surface area contributed by atoms with E-state index in [2.05, 4.69) is 15.0 Å². The van der Waals surface area contributed by atoms with Crippen molar-refractivity contribution in [3.8, 4) is 0 Å². The fourth-order valence-corrected chi connectivity index (χ4v) is 6.61. The fourth-order valence-electron chi connectivity index (χ4n) is 5.89. The van der Waals surface area contributed by atoms with Gasteiger partial charge in [0.25, 0.3) is 5.91 Å². The number of anilines is 2. The van der Waals surface area contributed by atoms with Crippen LogP contribution in [0.3, 0.4) is 0 Å². The van der Waals surface area contributed by atoms with Gasteiger partial charge in [0, 0.05) is 52.6 Å². The standard InChI is InChI=1S/C31H31ClF3N5O5S/c1-46(44,45)38-21-4-2-3-19(11-21)28(41)36-22-13-23(16-39(15-22)29(42)17-5-6-17)40(30(43)18-7-8-18)26-14-27(31(33,34)35)37-25-10-9-20(32)12-24(25)26/h2-4,9-12,14,17-18,22-23,38H,5-8,13,15-16H2,1H3,(H,36,41). The second-order valence-electron chi connectivity index (χ2n) is 12.2. The van der Waals surface area contributed by atoms with E-state index in [9.17, 15) is 36.0 Å². The molecule has 1 aliphatic heterocycles. The molecule has 3 aromatic rings. The van der Waals surface area contributed by atoms with E-state index in [1.54, 1.807) is 4.90 Å². The van der Waals surface area contributed by atoms with E-state index in [-0.39, 0.29) is 76.0 Å². The second-order valence-corrected chi connectivity index (χ2v) is 14.4. The molecule has 3 fully saturated rings. The van der Waals surface area contributed by atoms with Crippen LogP contribution in [-0.2, 0) is 25.8 Å². The lowest BCUT2D eigenvalue weighted by Crippen LogP contribution is -2.60. The van der Waals surface area contributed by atoms with Gasteiger partial charge in [-0.1, -0.05) is 17.7 Å². The van der Waals surface area contributed by atoms with Gasteiger partial charge in [0.15, 0.2) is 0 Å². The van der Waals surface area contributed by atoms with Gasteiger partial charge in [-0.2, -0.15) is 13.2 Å². The highest BCUT2D eigenvalue weighted by molar-refractivity contribution is 7.92. The van der Waals surface area contributed by atoms with Gasteiger partial charge in [0.1, 0.15) is 5.69 Å². The fraction of sp³-hybridized carbons (Fsp3) is 0.419. The van der Waals surface area contributed by atoms with Gasteiger partial charge in [0.05, 0.1) is 23.5 Å². The van der Waals surface area contributed by atoms with Crippen LogP contribution in [0.25, 0.3) is 10.9 Å². The molecule has 1 aromatic heterocycles. The van der Waals surface area contributed by atoms with Gasteiger partial charge in [-0.05, 0) is 74.6 Å². The van der Waals surface area contributed by atoms with Gasteiger partial charge in [0.2, 0.25) is 21.8 Å². The van der Waals surface area contributed by atoms with Gasteiger partial charge in [-0.3, -0.25) is 19.1 Å². The number of rotatable bonds is 8. The van der Waals surface area contributed by atoms with Crippen molar-refractivity contribution >= 4 is 61.6 Å². The number of carbonyl (C=O) groups is 3. The summed E-state index contributed by atoms with van der Waals surface area (Å²) in [5.41, 5.74) is -0.817. The van der Waals surface area contributed by atoms with E-state index in [1.807, 2.05) is 0 Å². The van der Waals surface area contributed by atoms with Crippen LogP contribution in [0.2, 0.25) is 5.02 Å². The predicted octanol–water partition coefficient (Wildman–Crippen LogP) is 4.83. The first-order valence-electron chi connectivity index (χ1n) is 14.8. The number of pyridine rings is 1. The topological polar surface area (TPSA) is 129 Å². The van der Waals surface area contributed by atoms with Crippen molar-refractivity contribution in [2.75, 3.05) is 29.0 Å². The molecule has 0 radical (unpaired) electrons. The van der Waals surface area contributed by atoms with E-state index < -0.39 is 39.9 Å². The summed E-state index contributed by atoms with van der Waals surface area (Å²) in [6.45, 7) is 0.209. The third-order valence-corrected chi connectivity index (χ3v) is 9.10. The van der Waals surface area contributed by atoms with E-state index >= 15 is 0 Å². The summed E-state index contributed by atoms with van der Waals surface area (Å²) in [6.07, 6.45) is -1.07. The zero-order chi connectivity index (χ0) is 33.0. The molecule has 2 unspecified atom stereocenters. The molecule has 6 rings (SSSR count). The number of carbonyl (C=O) groups excluding carboxylic acids is 3. The number of amides is 3. The number of fused-ring (bicyclic) bond motifs is 1. The van der Waals surface area contributed by atoms with Crippen molar-refractivity contribution in [2.45, 2.75) is 50.4 Å². The summed E-state index contributed by atoms with van der Waals surface area (Å²) < 4.78 is 68.0. The number of aromatic nitrogens is 1. The van der Waals surface area contributed by atoms with Gasteiger partial charge in [-0.25, -0.2) is 13.4 Å². The number of sulfonamides is 1. The second kappa shape index (κ2) is 12.0. The predicted molar refractivity (Wildman–Crippen MR) is 166 cm³/mol. The van der Waals surface area contributed by atoms with Crippen LogP contribution in [0.4, 0.5) is 24.5 Å². The minimum absolute atomic E-state index is 0.00734. The van der Waals surface area contributed by atoms with Gasteiger partial charge in [-0.15, -0.1) is 0 Å². The molecule has 2 heterocycles. The van der Waals surface area contributed by atoms with E-state index in [1.165, 1.54) is 47.4 Å². The van der Waals surface area contributed by atoms with Crippen molar-refractivity contribution in [1.82, 2.24) is 15.2 Å². The molecule has 2 aromatic carbocycles. The average molecular weight is 678 g/mol. The van der Waals surface area contributed by atoms with Gasteiger partial charge >= 0.3 is 6.18 Å². The first-order valence-corrected chi connectivity index (χ1v) is 17.1. The monoisotopic (exact) mass is 677 g/mol. The lowest BCUT2D eigenvalue weighted by Gasteiger charge is -2.43. The highest BCUT2D eigenvalue weighted by Crippen LogP contribution is 2.41. The Hall–Kier alpha value is -3.91. The maximum atomic E-state index is 14.1. The molecule has 2 atom stereocenters. The molecular weight excluding hydrogens is 647 g/mol. The number of nitrogens with one attached hydrogen (secondary N) is 2. The quantitative estimate of drug-likeness (QED) is 0.352. The smallest absolute Gasteiger partial charge is 0.347 e. The third-order valence-electron chi connectivity index (χ3n) is 8.26.